The van der Waals surface area contributed by atoms with Crippen molar-refractivity contribution >= 4 is 42.2 Å². The number of carboxylic acid groups (broad SMARTS) is 1. The van der Waals surface area contributed by atoms with Gasteiger partial charge < -0.3 is 32.5 Å². The van der Waals surface area contributed by atoms with Crippen molar-refractivity contribution in [1.82, 2.24) is 16.0 Å². The van der Waals surface area contributed by atoms with Crippen LogP contribution in [0.3, 0.4) is 0 Å². The first-order valence-electron chi connectivity index (χ1n) is 10.8. The van der Waals surface area contributed by atoms with E-state index in [0.717, 1.165) is 5.56 Å². The second-order valence-electron chi connectivity index (χ2n) is 7.98. The number of primary amides is 1. The summed E-state index contributed by atoms with van der Waals surface area (Å²) >= 11 is 4.08. The molecule has 11 nitrogen and oxygen atoms in total. The van der Waals surface area contributed by atoms with E-state index < -0.39 is 66.1 Å². The quantitative estimate of drug-likeness (QED) is 0.160. The molecule has 1 aromatic rings. The highest BCUT2D eigenvalue weighted by Gasteiger charge is 2.32. The number of hydrogen-bond acceptors (Lipinski definition) is 7. The standard InChI is InChI=1S/C22H33N5O6S/c1-3-12(2)18(22(32)33)27-20(30)15(10-17(24)28)25-21(31)16(11-34)26-19(29)14(23)9-13-7-5-4-6-8-13/h4-8,12,14-16,18,34H,3,9-11,23H2,1-2H3,(H2,24,28)(H,25,31)(H,26,29)(H,27,30)(H,32,33). The van der Waals surface area contributed by atoms with E-state index >= 15 is 0 Å². The number of hydrogen-bond donors (Lipinski definition) is 7. The number of amides is 4. The molecule has 0 saturated carbocycles. The molecule has 1 rings (SSSR count). The topological polar surface area (TPSA) is 194 Å². The molecule has 12 heteroatoms. The van der Waals surface area contributed by atoms with E-state index in [1.165, 1.54) is 0 Å². The summed E-state index contributed by atoms with van der Waals surface area (Å²) in [4.78, 5) is 60.9. The molecular weight excluding hydrogens is 462 g/mol. The first-order valence-corrected chi connectivity index (χ1v) is 11.5. The van der Waals surface area contributed by atoms with Gasteiger partial charge in [-0.25, -0.2) is 4.79 Å². The maximum absolute atomic E-state index is 12.7. The lowest BCUT2D eigenvalue weighted by Gasteiger charge is -2.25. The van der Waals surface area contributed by atoms with Crippen molar-refractivity contribution in [1.29, 1.82) is 0 Å². The lowest BCUT2D eigenvalue weighted by atomic mass is 9.98. The summed E-state index contributed by atoms with van der Waals surface area (Å²) in [5, 5.41) is 16.5. The molecule has 0 aliphatic carbocycles. The summed E-state index contributed by atoms with van der Waals surface area (Å²) in [7, 11) is 0. The second kappa shape index (κ2) is 14.2. The highest BCUT2D eigenvalue weighted by Crippen LogP contribution is 2.09. The van der Waals surface area contributed by atoms with Crippen molar-refractivity contribution < 1.29 is 29.1 Å². The maximum Gasteiger partial charge on any atom is 0.326 e. The number of thiol groups is 1. The van der Waals surface area contributed by atoms with Gasteiger partial charge in [-0.2, -0.15) is 12.6 Å². The molecule has 34 heavy (non-hydrogen) atoms. The number of nitrogens with two attached hydrogens (primary N) is 2. The van der Waals surface area contributed by atoms with Gasteiger partial charge in [0.25, 0.3) is 0 Å². The van der Waals surface area contributed by atoms with Gasteiger partial charge in [0.15, 0.2) is 0 Å². The number of carboxylic acids is 1. The fraction of sp³-hybridized carbons (Fsp3) is 0.500. The van der Waals surface area contributed by atoms with Crippen molar-refractivity contribution in [2.75, 3.05) is 5.75 Å². The SMILES string of the molecule is CCC(C)C(NC(=O)C(CC(N)=O)NC(=O)C(CS)NC(=O)C(N)Cc1ccccc1)C(=O)O. The van der Waals surface area contributed by atoms with Crippen LogP contribution in [0.4, 0.5) is 0 Å². The fourth-order valence-corrected chi connectivity index (χ4v) is 3.31. The number of aliphatic carboxylic acids is 1. The Hall–Kier alpha value is -3.12. The zero-order valence-electron chi connectivity index (χ0n) is 19.2. The van der Waals surface area contributed by atoms with Crippen LogP contribution in [0.5, 0.6) is 0 Å². The third kappa shape index (κ3) is 9.40. The normalized spacial score (nSPS) is 15.2. The summed E-state index contributed by atoms with van der Waals surface area (Å²) in [6.45, 7) is 3.41. The predicted molar refractivity (Wildman–Crippen MR) is 129 cm³/mol. The van der Waals surface area contributed by atoms with Gasteiger partial charge in [0.05, 0.1) is 12.5 Å². The van der Waals surface area contributed by atoms with Gasteiger partial charge >= 0.3 is 5.97 Å². The molecule has 0 bridgehead atoms. The van der Waals surface area contributed by atoms with Gasteiger partial charge in [-0.05, 0) is 17.9 Å². The largest absolute Gasteiger partial charge is 0.480 e. The van der Waals surface area contributed by atoms with Crippen LogP contribution in [0.25, 0.3) is 0 Å². The zero-order valence-corrected chi connectivity index (χ0v) is 20.1. The number of rotatable bonds is 14. The Labute approximate surface area is 203 Å². The number of benzene rings is 1. The lowest BCUT2D eigenvalue weighted by Crippen LogP contribution is -2.59. The third-order valence-corrected chi connectivity index (χ3v) is 5.63. The van der Waals surface area contributed by atoms with Crippen LogP contribution in [-0.2, 0) is 30.4 Å². The van der Waals surface area contributed by atoms with E-state index in [-0.39, 0.29) is 12.2 Å². The minimum atomic E-state index is -1.44. The van der Waals surface area contributed by atoms with E-state index in [4.69, 9.17) is 11.5 Å². The van der Waals surface area contributed by atoms with Crippen LogP contribution >= 0.6 is 12.6 Å². The molecule has 5 atom stereocenters. The highest BCUT2D eigenvalue weighted by atomic mass is 32.1. The molecule has 0 radical (unpaired) electrons. The molecule has 8 N–H and O–H groups in total. The predicted octanol–water partition coefficient (Wildman–Crippen LogP) is -1.05. The third-order valence-electron chi connectivity index (χ3n) is 5.27. The van der Waals surface area contributed by atoms with Gasteiger partial charge in [-0.15, -0.1) is 0 Å². The van der Waals surface area contributed by atoms with Crippen molar-refractivity contribution in [3.05, 3.63) is 35.9 Å². The first kappa shape index (κ1) is 28.9. The molecule has 0 saturated heterocycles. The van der Waals surface area contributed by atoms with Crippen LogP contribution in [0.2, 0.25) is 0 Å². The molecule has 0 aliphatic rings. The molecule has 5 unspecified atom stereocenters. The van der Waals surface area contributed by atoms with Crippen LogP contribution < -0.4 is 27.4 Å². The summed E-state index contributed by atoms with van der Waals surface area (Å²) in [5.74, 6) is -4.94. The Morgan fingerprint density at radius 1 is 0.971 bits per heavy atom. The first-order chi connectivity index (χ1) is 16.0. The molecule has 0 aromatic heterocycles. The smallest absolute Gasteiger partial charge is 0.326 e. The van der Waals surface area contributed by atoms with Gasteiger partial charge in [0, 0.05) is 5.75 Å². The number of nitrogens with one attached hydrogen (secondary N) is 3. The van der Waals surface area contributed by atoms with Crippen molar-refractivity contribution in [3.8, 4) is 0 Å². The molecule has 1 aromatic carbocycles. The Kier molecular flexibility index (Phi) is 12.1. The summed E-state index contributed by atoms with van der Waals surface area (Å²) in [6.07, 6.45) is 0.152. The van der Waals surface area contributed by atoms with Crippen LogP contribution in [0, 0.1) is 5.92 Å². The molecule has 4 amide bonds. The Bertz CT molecular complexity index is 869. The Morgan fingerprint density at radius 3 is 2.03 bits per heavy atom. The molecule has 0 heterocycles. The highest BCUT2D eigenvalue weighted by molar-refractivity contribution is 7.80. The van der Waals surface area contributed by atoms with E-state index in [2.05, 4.69) is 28.6 Å². The lowest BCUT2D eigenvalue weighted by molar-refractivity contribution is -0.144. The Balaban J connectivity index is 2.86. The van der Waals surface area contributed by atoms with E-state index in [1.807, 2.05) is 30.3 Å². The Morgan fingerprint density at radius 2 is 1.53 bits per heavy atom. The average molecular weight is 496 g/mol. The maximum atomic E-state index is 12.7. The van der Waals surface area contributed by atoms with E-state index in [0.29, 0.717) is 6.42 Å². The van der Waals surface area contributed by atoms with Gasteiger partial charge in [-0.1, -0.05) is 50.6 Å². The summed E-state index contributed by atoms with van der Waals surface area (Å²) < 4.78 is 0. The number of carbonyl (C=O) groups excluding carboxylic acids is 4. The van der Waals surface area contributed by atoms with Crippen LogP contribution in [0.15, 0.2) is 30.3 Å². The van der Waals surface area contributed by atoms with Crippen molar-refractivity contribution in [2.24, 2.45) is 17.4 Å². The molecule has 188 valence electrons. The fourth-order valence-electron chi connectivity index (χ4n) is 3.05. The monoisotopic (exact) mass is 495 g/mol. The summed E-state index contributed by atoms with van der Waals surface area (Å²) in [6, 6.07) is 4.32. The van der Waals surface area contributed by atoms with Gasteiger partial charge in [0.1, 0.15) is 18.1 Å². The number of carbonyl (C=O) groups is 5. The minimum absolute atomic E-state index is 0.120. The molecule has 0 fully saturated rings. The summed E-state index contributed by atoms with van der Waals surface area (Å²) in [5.41, 5.74) is 12.0. The average Bonchev–Trinajstić information content (AvgIpc) is 2.79. The molecular formula is C22H33N5O6S. The molecule has 0 spiro atoms. The zero-order chi connectivity index (χ0) is 25.8. The van der Waals surface area contributed by atoms with Crippen molar-refractivity contribution in [3.63, 3.8) is 0 Å². The van der Waals surface area contributed by atoms with Crippen LogP contribution in [0.1, 0.15) is 32.3 Å². The van der Waals surface area contributed by atoms with E-state index in [9.17, 15) is 29.1 Å². The van der Waals surface area contributed by atoms with Gasteiger partial charge in [0.2, 0.25) is 23.6 Å². The van der Waals surface area contributed by atoms with Crippen LogP contribution in [-0.4, -0.2) is 64.6 Å². The molecule has 0 aliphatic heterocycles. The van der Waals surface area contributed by atoms with E-state index in [1.54, 1.807) is 13.8 Å². The van der Waals surface area contributed by atoms with Crippen molar-refractivity contribution in [2.45, 2.75) is 57.3 Å². The minimum Gasteiger partial charge on any atom is -0.480 e. The second-order valence-corrected chi connectivity index (χ2v) is 8.35. The van der Waals surface area contributed by atoms with Gasteiger partial charge in [-0.3, -0.25) is 19.2 Å².